The van der Waals surface area contributed by atoms with Crippen LogP contribution in [-0.4, -0.2) is 29.0 Å². The standard InChI is InChI=1S/C20H26N2O2S2/c1-15-7-10-17(11-8-15)26(23,24)22-13-5-6-18(22)16-9-12-19(21-14-16)25-20(2,3)4/h7-12,14,18H,5-6,13H2,1-4H3/t18-/m1/s1. The Morgan fingerprint density at radius 3 is 2.38 bits per heavy atom. The van der Waals surface area contributed by atoms with Crippen molar-refractivity contribution in [3.8, 4) is 0 Å². The molecule has 0 N–H and O–H groups in total. The molecule has 1 aromatic carbocycles. The fraction of sp³-hybridized carbons (Fsp3) is 0.450. The molecular weight excluding hydrogens is 364 g/mol. The van der Waals surface area contributed by atoms with Crippen LogP contribution in [0.4, 0.5) is 0 Å². The lowest BCUT2D eigenvalue weighted by atomic mass is 10.1. The van der Waals surface area contributed by atoms with Crippen LogP contribution >= 0.6 is 11.8 Å². The SMILES string of the molecule is Cc1ccc(S(=O)(=O)N2CCC[C@@H]2c2ccc(SC(C)(C)C)nc2)cc1. The minimum absolute atomic E-state index is 0.0999. The second-order valence-electron chi connectivity index (χ2n) is 7.73. The molecule has 1 saturated heterocycles. The van der Waals surface area contributed by atoms with Crippen LogP contribution in [0, 0.1) is 6.92 Å². The van der Waals surface area contributed by atoms with Gasteiger partial charge in [-0.1, -0.05) is 44.5 Å². The Labute approximate surface area is 161 Å². The maximum atomic E-state index is 13.1. The minimum Gasteiger partial charge on any atom is -0.250 e. The van der Waals surface area contributed by atoms with Crippen LogP contribution in [0.3, 0.4) is 0 Å². The lowest BCUT2D eigenvalue weighted by molar-refractivity contribution is 0.396. The predicted octanol–water partition coefficient (Wildman–Crippen LogP) is 4.81. The van der Waals surface area contributed by atoms with Gasteiger partial charge in [0, 0.05) is 17.5 Å². The fourth-order valence-corrected chi connectivity index (χ4v) is 5.72. The Morgan fingerprint density at radius 1 is 1.12 bits per heavy atom. The van der Waals surface area contributed by atoms with E-state index in [4.69, 9.17) is 0 Å². The molecule has 0 spiro atoms. The van der Waals surface area contributed by atoms with E-state index in [-0.39, 0.29) is 10.8 Å². The summed E-state index contributed by atoms with van der Waals surface area (Å²) in [4.78, 5) is 4.91. The van der Waals surface area contributed by atoms with E-state index in [0.717, 1.165) is 29.0 Å². The number of thioether (sulfide) groups is 1. The zero-order valence-electron chi connectivity index (χ0n) is 15.8. The first kappa shape index (κ1) is 19.4. The Balaban J connectivity index is 1.85. The van der Waals surface area contributed by atoms with Crippen LogP contribution in [0.25, 0.3) is 0 Å². The summed E-state index contributed by atoms with van der Waals surface area (Å²) in [5, 5.41) is 0.965. The molecule has 1 fully saturated rings. The second kappa shape index (κ2) is 7.33. The van der Waals surface area contributed by atoms with Crippen LogP contribution in [-0.2, 0) is 10.0 Å². The quantitative estimate of drug-likeness (QED) is 0.703. The highest BCUT2D eigenvalue weighted by Crippen LogP contribution is 2.37. The van der Waals surface area contributed by atoms with Crippen molar-refractivity contribution < 1.29 is 8.42 Å². The van der Waals surface area contributed by atoms with E-state index < -0.39 is 10.0 Å². The van der Waals surface area contributed by atoms with Crippen LogP contribution in [0.15, 0.2) is 52.5 Å². The average Bonchev–Trinajstić information content (AvgIpc) is 3.05. The Kier molecular flexibility index (Phi) is 5.47. The van der Waals surface area contributed by atoms with E-state index in [2.05, 4.69) is 25.8 Å². The maximum absolute atomic E-state index is 13.1. The summed E-state index contributed by atoms with van der Waals surface area (Å²) >= 11 is 1.71. The summed E-state index contributed by atoms with van der Waals surface area (Å²) in [6, 6.07) is 11.0. The van der Waals surface area contributed by atoms with E-state index in [1.165, 1.54) is 0 Å². The highest BCUT2D eigenvalue weighted by Gasteiger charge is 2.36. The summed E-state index contributed by atoms with van der Waals surface area (Å²) in [5.74, 6) is 0. The number of benzene rings is 1. The third-order valence-corrected chi connectivity index (χ3v) is 7.37. The highest BCUT2D eigenvalue weighted by molar-refractivity contribution is 8.00. The molecule has 0 bridgehead atoms. The van der Waals surface area contributed by atoms with Gasteiger partial charge in [-0.15, -0.1) is 11.8 Å². The lowest BCUT2D eigenvalue weighted by Gasteiger charge is -2.24. The van der Waals surface area contributed by atoms with E-state index in [0.29, 0.717) is 11.4 Å². The Bertz CT molecular complexity index is 854. The van der Waals surface area contributed by atoms with Crippen molar-refractivity contribution in [2.24, 2.45) is 0 Å². The van der Waals surface area contributed by atoms with Gasteiger partial charge in [0.1, 0.15) is 0 Å². The largest absolute Gasteiger partial charge is 0.250 e. The summed E-state index contributed by atoms with van der Waals surface area (Å²) in [6.07, 6.45) is 3.54. The molecule has 1 aliphatic rings. The molecule has 2 aromatic rings. The van der Waals surface area contributed by atoms with Crippen LogP contribution in [0.2, 0.25) is 0 Å². The Morgan fingerprint density at radius 2 is 1.81 bits per heavy atom. The number of aromatic nitrogens is 1. The Hall–Kier alpha value is -1.37. The fourth-order valence-electron chi connectivity index (χ4n) is 3.17. The first-order valence-electron chi connectivity index (χ1n) is 8.90. The second-order valence-corrected chi connectivity index (χ2v) is 11.5. The van der Waals surface area contributed by atoms with Gasteiger partial charge in [0.05, 0.1) is 16.0 Å². The molecule has 3 rings (SSSR count). The van der Waals surface area contributed by atoms with Crippen molar-refractivity contribution in [3.05, 3.63) is 53.7 Å². The molecule has 26 heavy (non-hydrogen) atoms. The van der Waals surface area contributed by atoms with Gasteiger partial charge in [0.2, 0.25) is 10.0 Å². The number of nitrogens with zero attached hydrogens (tertiary/aromatic N) is 2. The highest BCUT2D eigenvalue weighted by atomic mass is 32.2. The first-order chi connectivity index (χ1) is 12.2. The number of sulfonamides is 1. The summed E-state index contributed by atoms with van der Waals surface area (Å²) in [6.45, 7) is 8.97. The number of hydrogen-bond acceptors (Lipinski definition) is 4. The van der Waals surface area contributed by atoms with Gasteiger partial charge in [0.15, 0.2) is 0 Å². The molecule has 0 amide bonds. The van der Waals surface area contributed by atoms with Crippen molar-refractivity contribution >= 4 is 21.8 Å². The molecule has 0 aliphatic carbocycles. The van der Waals surface area contributed by atoms with Crippen molar-refractivity contribution in [3.63, 3.8) is 0 Å². The molecule has 1 aliphatic heterocycles. The van der Waals surface area contributed by atoms with Gasteiger partial charge in [-0.05, 0) is 43.5 Å². The molecule has 6 heteroatoms. The van der Waals surface area contributed by atoms with E-state index >= 15 is 0 Å². The molecule has 0 saturated carbocycles. The number of aryl methyl sites for hydroxylation is 1. The topological polar surface area (TPSA) is 50.3 Å². The molecule has 140 valence electrons. The monoisotopic (exact) mass is 390 g/mol. The molecule has 1 atom stereocenters. The molecule has 1 aromatic heterocycles. The van der Waals surface area contributed by atoms with Crippen LogP contribution in [0.5, 0.6) is 0 Å². The normalized spacial score (nSPS) is 19.0. The zero-order chi connectivity index (χ0) is 18.9. The van der Waals surface area contributed by atoms with Gasteiger partial charge in [-0.2, -0.15) is 4.31 Å². The third kappa shape index (κ3) is 4.30. The van der Waals surface area contributed by atoms with Gasteiger partial charge in [0.25, 0.3) is 0 Å². The summed E-state index contributed by atoms with van der Waals surface area (Å²) in [5.41, 5.74) is 2.02. The maximum Gasteiger partial charge on any atom is 0.243 e. The van der Waals surface area contributed by atoms with Crippen molar-refractivity contribution in [1.29, 1.82) is 0 Å². The van der Waals surface area contributed by atoms with Crippen molar-refractivity contribution in [2.75, 3.05) is 6.54 Å². The van der Waals surface area contributed by atoms with Gasteiger partial charge < -0.3 is 0 Å². The van der Waals surface area contributed by atoms with Gasteiger partial charge in [-0.3, -0.25) is 0 Å². The van der Waals surface area contributed by atoms with Crippen LogP contribution < -0.4 is 0 Å². The van der Waals surface area contributed by atoms with Crippen molar-refractivity contribution in [2.45, 2.75) is 61.2 Å². The molecular formula is C20H26N2O2S2. The predicted molar refractivity (Wildman–Crippen MR) is 107 cm³/mol. The molecule has 4 nitrogen and oxygen atoms in total. The first-order valence-corrected chi connectivity index (χ1v) is 11.2. The minimum atomic E-state index is -3.49. The van der Waals surface area contributed by atoms with Gasteiger partial charge >= 0.3 is 0 Å². The third-order valence-electron chi connectivity index (χ3n) is 4.39. The smallest absolute Gasteiger partial charge is 0.243 e. The summed E-state index contributed by atoms with van der Waals surface area (Å²) in [7, 11) is -3.49. The number of pyridine rings is 1. The van der Waals surface area contributed by atoms with E-state index in [1.54, 1.807) is 28.2 Å². The van der Waals surface area contributed by atoms with E-state index in [9.17, 15) is 8.42 Å². The zero-order valence-corrected chi connectivity index (χ0v) is 17.4. The molecule has 0 radical (unpaired) electrons. The number of hydrogen-bond donors (Lipinski definition) is 0. The molecule has 0 unspecified atom stereocenters. The average molecular weight is 391 g/mol. The summed E-state index contributed by atoms with van der Waals surface area (Å²) < 4.78 is 27.9. The number of rotatable bonds is 4. The van der Waals surface area contributed by atoms with Crippen LogP contribution in [0.1, 0.15) is 50.8 Å². The molecule has 2 heterocycles. The van der Waals surface area contributed by atoms with Crippen molar-refractivity contribution in [1.82, 2.24) is 9.29 Å². The lowest BCUT2D eigenvalue weighted by Crippen LogP contribution is -2.30. The van der Waals surface area contributed by atoms with Gasteiger partial charge in [-0.25, -0.2) is 13.4 Å². The van der Waals surface area contributed by atoms with E-state index in [1.807, 2.05) is 37.4 Å².